The van der Waals surface area contributed by atoms with Gasteiger partial charge in [0.05, 0.1) is 11.5 Å². The molecule has 0 fully saturated rings. The van der Waals surface area contributed by atoms with Gasteiger partial charge in [-0.1, -0.05) is 29.3 Å². The van der Waals surface area contributed by atoms with Crippen LogP contribution in [0.2, 0.25) is 0 Å². The molecule has 1 atom stereocenters. The molecule has 0 radical (unpaired) electrons. The Morgan fingerprint density at radius 1 is 1.37 bits per heavy atom. The van der Waals surface area contributed by atoms with Crippen molar-refractivity contribution >= 4 is 41.9 Å². The Morgan fingerprint density at radius 3 is 2.63 bits per heavy atom. The number of hydrogen-bond acceptors (Lipinski definition) is 3. The summed E-state index contributed by atoms with van der Waals surface area (Å²) in [4.78, 5) is 0.221. The van der Waals surface area contributed by atoms with Crippen molar-refractivity contribution in [3.8, 4) is 0 Å². The van der Waals surface area contributed by atoms with Crippen LogP contribution in [0, 0.1) is 0 Å². The van der Waals surface area contributed by atoms with Gasteiger partial charge in [-0.3, -0.25) is 0 Å². The van der Waals surface area contributed by atoms with Gasteiger partial charge in [-0.05, 0) is 40.5 Å². The number of hydrogen-bond donors (Lipinski definition) is 1. The predicted molar refractivity (Wildman–Crippen MR) is 82.7 cm³/mol. The standard InChI is InChI=1S/C12H17Br2NO3S/c1-3-4-10(8-18-2)15-19(16,17)12-7-9(13)5-6-11(12)14/h5-7,10,15H,3-4,8H2,1-2H3. The van der Waals surface area contributed by atoms with E-state index in [0.29, 0.717) is 11.1 Å². The molecule has 1 aromatic rings. The summed E-state index contributed by atoms with van der Waals surface area (Å²) in [6.45, 7) is 2.37. The highest BCUT2D eigenvalue weighted by molar-refractivity contribution is 9.11. The second kappa shape index (κ2) is 7.73. The lowest BCUT2D eigenvalue weighted by Crippen LogP contribution is -2.38. The van der Waals surface area contributed by atoms with Crippen molar-refractivity contribution < 1.29 is 13.2 Å². The van der Waals surface area contributed by atoms with Gasteiger partial charge in [0.25, 0.3) is 0 Å². The maximum atomic E-state index is 12.3. The lowest BCUT2D eigenvalue weighted by molar-refractivity contribution is 0.171. The first-order valence-electron chi connectivity index (χ1n) is 5.87. The third-order valence-electron chi connectivity index (χ3n) is 2.51. The Hall–Kier alpha value is 0.0500. The average molecular weight is 415 g/mol. The van der Waals surface area contributed by atoms with Crippen LogP contribution in [-0.4, -0.2) is 28.2 Å². The molecule has 4 nitrogen and oxygen atoms in total. The van der Waals surface area contributed by atoms with E-state index in [1.807, 2.05) is 6.92 Å². The summed E-state index contributed by atoms with van der Waals surface area (Å²) in [5, 5.41) is 0. The number of ether oxygens (including phenoxy) is 1. The van der Waals surface area contributed by atoms with Crippen molar-refractivity contribution in [1.82, 2.24) is 4.72 Å². The van der Waals surface area contributed by atoms with Crippen molar-refractivity contribution in [2.75, 3.05) is 13.7 Å². The van der Waals surface area contributed by atoms with E-state index >= 15 is 0 Å². The highest BCUT2D eigenvalue weighted by atomic mass is 79.9. The number of methoxy groups -OCH3 is 1. The molecule has 0 aliphatic heterocycles. The summed E-state index contributed by atoms with van der Waals surface area (Å²) >= 11 is 6.54. The van der Waals surface area contributed by atoms with Crippen LogP contribution in [0.1, 0.15) is 19.8 Å². The van der Waals surface area contributed by atoms with Gasteiger partial charge in [-0.15, -0.1) is 0 Å². The second-order valence-electron chi connectivity index (χ2n) is 4.14. The van der Waals surface area contributed by atoms with Crippen LogP contribution in [0.3, 0.4) is 0 Å². The van der Waals surface area contributed by atoms with Crippen LogP contribution in [0.4, 0.5) is 0 Å². The minimum atomic E-state index is -3.56. The Labute approximate surface area is 131 Å². The van der Waals surface area contributed by atoms with E-state index < -0.39 is 10.0 Å². The minimum absolute atomic E-state index is 0.217. The van der Waals surface area contributed by atoms with E-state index in [-0.39, 0.29) is 10.9 Å². The van der Waals surface area contributed by atoms with Crippen molar-refractivity contribution in [1.29, 1.82) is 0 Å². The molecule has 0 amide bonds. The zero-order chi connectivity index (χ0) is 14.5. The van der Waals surface area contributed by atoms with Gasteiger partial charge < -0.3 is 4.74 Å². The van der Waals surface area contributed by atoms with Gasteiger partial charge in [-0.2, -0.15) is 0 Å². The zero-order valence-electron chi connectivity index (χ0n) is 10.8. The van der Waals surface area contributed by atoms with Gasteiger partial charge in [-0.25, -0.2) is 13.1 Å². The van der Waals surface area contributed by atoms with Crippen LogP contribution >= 0.6 is 31.9 Å². The molecule has 1 N–H and O–H groups in total. The predicted octanol–water partition coefficient (Wildman–Crippen LogP) is 3.31. The largest absolute Gasteiger partial charge is 0.383 e. The summed E-state index contributed by atoms with van der Waals surface area (Å²) in [6.07, 6.45) is 1.62. The summed E-state index contributed by atoms with van der Waals surface area (Å²) in [5.74, 6) is 0. The maximum absolute atomic E-state index is 12.3. The molecule has 7 heteroatoms. The number of halogens is 2. The van der Waals surface area contributed by atoms with Crippen molar-refractivity contribution in [3.63, 3.8) is 0 Å². The van der Waals surface area contributed by atoms with Gasteiger partial charge in [0.1, 0.15) is 0 Å². The highest BCUT2D eigenvalue weighted by Crippen LogP contribution is 2.25. The third kappa shape index (κ3) is 5.15. The van der Waals surface area contributed by atoms with Crippen molar-refractivity contribution in [2.24, 2.45) is 0 Å². The van der Waals surface area contributed by atoms with Crippen LogP contribution in [-0.2, 0) is 14.8 Å². The van der Waals surface area contributed by atoms with E-state index in [1.165, 1.54) is 0 Å². The van der Waals surface area contributed by atoms with Gasteiger partial charge in [0.15, 0.2) is 0 Å². The molecule has 1 aromatic carbocycles. The quantitative estimate of drug-likeness (QED) is 0.744. The Kier molecular flexibility index (Phi) is 6.96. The summed E-state index contributed by atoms with van der Waals surface area (Å²) in [6, 6.07) is 4.83. The minimum Gasteiger partial charge on any atom is -0.383 e. The SMILES string of the molecule is CCCC(COC)NS(=O)(=O)c1cc(Br)ccc1Br. The molecule has 19 heavy (non-hydrogen) atoms. The number of sulfonamides is 1. The fourth-order valence-electron chi connectivity index (χ4n) is 1.69. The van der Waals surface area contributed by atoms with Crippen LogP contribution in [0.5, 0.6) is 0 Å². The van der Waals surface area contributed by atoms with Crippen molar-refractivity contribution in [3.05, 3.63) is 27.1 Å². The van der Waals surface area contributed by atoms with Gasteiger partial charge >= 0.3 is 0 Å². The van der Waals surface area contributed by atoms with Crippen LogP contribution < -0.4 is 4.72 Å². The molecule has 0 bridgehead atoms. The molecule has 0 aliphatic rings. The lowest BCUT2D eigenvalue weighted by atomic mass is 10.2. The molecule has 0 saturated heterocycles. The molecular formula is C12H17Br2NO3S. The first kappa shape index (κ1) is 17.1. The average Bonchev–Trinajstić information content (AvgIpc) is 2.32. The topological polar surface area (TPSA) is 55.4 Å². The van der Waals surface area contributed by atoms with E-state index in [2.05, 4.69) is 36.6 Å². The van der Waals surface area contributed by atoms with Crippen molar-refractivity contribution in [2.45, 2.75) is 30.7 Å². The van der Waals surface area contributed by atoms with E-state index in [0.717, 1.165) is 17.3 Å². The van der Waals surface area contributed by atoms with Gasteiger partial charge in [0, 0.05) is 22.1 Å². The normalized spacial score (nSPS) is 13.5. The fraction of sp³-hybridized carbons (Fsp3) is 0.500. The van der Waals surface area contributed by atoms with Crippen LogP contribution in [0.25, 0.3) is 0 Å². The summed E-state index contributed by atoms with van der Waals surface area (Å²) in [5.41, 5.74) is 0. The highest BCUT2D eigenvalue weighted by Gasteiger charge is 2.22. The Bertz CT molecular complexity index is 514. The molecule has 108 valence electrons. The molecule has 0 spiro atoms. The zero-order valence-corrected chi connectivity index (χ0v) is 14.8. The summed E-state index contributed by atoms with van der Waals surface area (Å²) in [7, 11) is -2.00. The number of nitrogens with one attached hydrogen (secondary N) is 1. The molecular weight excluding hydrogens is 398 g/mol. The first-order chi connectivity index (χ1) is 8.90. The number of rotatable bonds is 7. The first-order valence-corrected chi connectivity index (χ1v) is 8.94. The molecule has 1 rings (SSSR count). The van der Waals surface area contributed by atoms with E-state index in [1.54, 1.807) is 25.3 Å². The Balaban J connectivity index is 2.99. The smallest absolute Gasteiger partial charge is 0.242 e. The number of benzene rings is 1. The monoisotopic (exact) mass is 413 g/mol. The maximum Gasteiger partial charge on any atom is 0.242 e. The molecule has 1 unspecified atom stereocenters. The van der Waals surface area contributed by atoms with Gasteiger partial charge in [0.2, 0.25) is 10.0 Å². The summed E-state index contributed by atoms with van der Waals surface area (Å²) < 4.78 is 33.7. The third-order valence-corrected chi connectivity index (χ3v) is 5.52. The lowest BCUT2D eigenvalue weighted by Gasteiger charge is -2.18. The molecule has 0 aromatic heterocycles. The van der Waals surface area contributed by atoms with E-state index in [4.69, 9.17) is 4.74 Å². The second-order valence-corrected chi connectivity index (χ2v) is 7.59. The Morgan fingerprint density at radius 2 is 2.05 bits per heavy atom. The molecule has 0 heterocycles. The fourth-order valence-corrected chi connectivity index (χ4v) is 4.45. The van der Waals surface area contributed by atoms with Crippen LogP contribution in [0.15, 0.2) is 32.0 Å². The molecule has 0 saturated carbocycles. The van der Waals surface area contributed by atoms with E-state index in [9.17, 15) is 8.42 Å². The molecule has 0 aliphatic carbocycles.